The molecule has 2 heterocycles. The van der Waals surface area contributed by atoms with E-state index in [2.05, 4.69) is 22.4 Å². The van der Waals surface area contributed by atoms with Crippen molar-refractivity contribution in [2.75, 3.05) is 16.8 Å². The van der Waals surface area contributed by atoms with Gasteiger partial charge in [-0.1, -0.05) is 42.5 Å². The maximum absolute atomic E-state index is 13.8. The summed E-state index contributed by atoms with van der Waals surface area (Å²) in [6.07, 6.45) is 1.29. The molecule has 0 bridgehead atoms. The van der Waals surface area contributed by atoms with E-state index in [1.165, 1.54) is 35.1 Å². The fourth-order valence-corrected chi connectivity index (χ4v) is 4.12. The standard InChI is InChI=1S/C21H19FN4O2S/c1-2-13-7-9-15(10-8-13)26-12-14(11-18(26)27)20-24-25-21(29-20)23-19(28)16-5-3-4-6-17(16)22/h3-10,14H,2,11-12H2,1H3,(H,23,25,28)/t14-/m1/s1. The summed E-state index contributed by atoms with van der Waals surface area (Å²) in [7, 11) is 0. The Hall–Kier alpha value is -3.13. The van der Waals surface area contributed by atoms with E-state index in [9.17, 15) is 14.0 Å². The van der Waals surface area contributed by atoms with E-state index in [1.54, 1.807) is 11.0 Å². The molecule has 1 fully saturated rings. The van der Waals surface area contributed by atoms with E-state index >= 15 is 0 Å². The third-order valence-electron chi connectivity index (χ3n) is 4.91. The summed E-state index contributed by atoms with van der Waals surface area (Å²) in [5.74, 6) is -1.23. The summed E-state index contributed by atoms with van der Waals surface area (Å²) in [5, 5.41) is 11.7. The molecule has 0 aliphatic carbocycles. The van der Waals surface area contributed by atoms with Crippen molar-refractivity contribution in [3.63, 3.8) is 0 Å². The summed E-state index contributed by atoms with van der Waals surface area (Å²) in [5.41, 5.74) is 2.03. The van der Waals surface area contributed by atoms with Crippen molar-refractivity contribution in [1.29, 1.82) is 0 Å². The Morgan fingerprint density at radius 3 is 2.69 bits per heavy atom. The van der Waals surface area contributed by atoms with E-state index in [1.807, 2.05) is 24.3 Å². The number of benzene rings is 2. The van der Waals surface area contributed by atoms with Crippen molar-refractivity contribution in [1.82, 2.24) is 10.2 Å². The van der Waals surface area contributed by atoms with Crippen molar-refractivity contribution >= 4 is 34.0 Å². The summed E-state index contributed by atoms with van der Waals surface area (Å²) >= 11 is 1.21. The molecule has 8 heteroatoms. The van der Waals surface area contributed by atoms with Crippen LogP contribution in [0.5, 0.6) is 0 Å². The van der Waals surface area contributed by atoms with Crippen LogP contribution in [0.4, 0.5) is 15.2 Å². The molecule has 29 heavy (non-hydrogen) atoms. The van der Waals surface area contributed by atoms with E-state index < -0.39 is 11.7 Å². The molecular formula is C21H19FN4O2S. The van der Waals surface area contributed by atoms with Gasteiger partial charge in [-0.2, -0.15) is 0 Å². The van der Waals surface area contributed by atoms with Crippen LogP contribution in [-0.4, -0.2) is 28.6 Å². The minimum Gasteiger partial charge on any atom is -0.312 e. The van der Waals surface area contributed by atoms with Crippen LogP contribution in [0, 0.1) is 5.82 Å². The molecule has 2 aromatic carbocycles. The fraction of sp³-hybridized carbons (Fsp3) is 0.238. The minimum absolute atomic E-state index is 0.0337. The lowest BCUT2D eigenvalue weighted by molar-refractivity contribution is -0.117. The number of carbonyl (C=O) groups excluding carboxylic acids is 2. The Morgan fingerprint density at radius 2 is 1.97 bits per heavy atom. The monoisotopic (exact) mass is 410 g/mol. The lowest BCUT2D eigenvalue weighted by Crippen LogP contribution is -2.24. The Morgan fingerprint density at radius 1 is 1.21 bits per heavy atom. The van der Waals surface area contributed by atoms with Crippen LogP contribution in [0.3, 0.4) is 0 Å². The van der Waals surface area contributed by atoms with Crippen molar-refractivity contribution in [3.05, 3.63) is 70.5 Å². The average molecular weight is 410 g/mol. The molecule has 4 rings (SSSR count). The molecule has 6 nitrogen and oxygen atoms in total. The van der Waals surface area contributed by atoms with Gasteiger partial charge in [0.1, 0.15) is 10.8 Å². The molecule has 1 aliphatic heterocycles. The smallest absolute Gasteiger partial charge is 0.260 e. The highest BCUT2D eigenvalue weighted by Gasteiger charge is 2.34. The quantitative estimate of drug-likeness (QED) is 0.690. The summed E-state index contributed by atoms with van der Waals surface area (Å²) in [6.45, 7) is 2.60. The zero-order chi connectivity index (χ0) is 20.4. The van der Waals surface area contributed by atoms with Gasteiger partial charge >= 0.3 is 0 Å². The molecule has 1 saturated heterocycles. The average Bonchev–Trinajstić information content (AvgIpc) is 3.35. The highest BCUT2D eigenvalue weighted by Crippen LogP contribution is 2.34. The number of amides is 2. The number of halogens is 1. The van der Waals surface area contributed by atoms with Crippen LogP contribution in [0.15, 0.2) is 48.5 Å². The topological polar surface area (TPSA) is 75.2 Å². The third kappa shape index (κ3) is 4.02. The van der Waals surface area contributed by atoms with E-state index in [0.29, 0.717) is 18.0 Å². The number of aryl methyl sites for hydroxylation is 1. The van der Waals surface area contributed by atoms with E-state index in [0.717, 1.165) is 12.1 Å². The van der Waals surface area contributed by atoms with E-state index in [4.69, 9.17) is 0 Å². The number of hydrogen-bond acceptors (Lipinski definition) is 5. The van der Waals surface area contributed by atoms with Gasteiger partial charge in [0, 0.05) is 24.6 Å². The van der Waals surface area contributed by atoms with Crippen LogP contribution >= 0.6 is 11.3 Å². The lowest BCUT2D eigenvalue weighted by Gasteiger charge is -2.16. The van der Waals surface area contributed by atoms with Gasteiger partial charge in [0.2, 0.25) is 11.0 Å². The second-order valence-electron chi connectivity index (χ2n) is 6.80. The van der Waals surface area contributed by atoms with Crippen LogP contribution in [0.25, 0.3) is 0 Å². The van der Waals surface area contributed by atoms with Gasteiger partial charge in [0.25, 0.3) is 5.91 Å². The molecule has 1 atom stereocenters. The Balaban J connectivity index is 1.45. The number of carbonyl (C=O) groups is 2. The minimum atomic E-state index is -0.596. The zero-order valence-electron chi connectivity index (χ0n) is 15.8. The fourth-order valence-electron chi connectivity index (χ4n) is 3.29. The molecule has 1 aromatic heterocycles. The summed E-state index contributed by atoms with van der Waals surface area (Å²) in [4.78, 5) is 26.5. The van der Waals surface area contributed by atoms with Crippen LogP contribution in [-0.2, 0) is 11.2 Å². The normalized spacial score (nSPS) is 16.3. The molecule has 0 radical (unpaired) electrons. The maximum atomic E-state index is 13.8. The zero-order valence-corrected chi connectivity index (χ0v) is 16.6. The van der Waals surface area contributed by atoms with Crippen molar-refractivity contribution < 1.29 is 14.0 Å². The first-order valence-electron chi connectivity index (χ1n) is 9.33. The van der Waals surface area contributed by atoms with Crippen molar-refractivity contribution in [3.8, 4) is 0 Å². The molecule has 3 aromatic rings. The largest absolute Gasteiger partial charge is 0.312 e. The number of anilines is 2. The summed E-state index contributed by atoms with van der Waals surface area (Å²) < 4.78 is 13.8. The SMILES string of the molecule is CCc1ccc(N2C[C@H](c3nnc(NC(=O)c4ccccc4F)s3)CC2=O)cc1. The van der Waals surface area contributed by atoms with Gasteiger partial charge in [-0.15, -0.1) is 10.2 Å². The van der Waals surface area contributed by atoms with Crippen molar-refractivity contribution in [2.24, 2.45) is 0 Å². The van der Waals surface area contributed by atoms with E-state index in [-0.39, 0.29) is 22.5 Å². The predicted molar refractivity (Wildman–Crippen MR) is 110 cm³/mol. The second-order valence-corrected chi connectivity index (χ2v) is 7.81. The second kappa shape index (κ2) is 8.08. The highest BCUT2D eigenvalue weighted by molar-refractivity contribution is 7.15. The summed E-state index contributed by atoms with van der Waals surface area (Å²) in [6, 6.07) is 13.7. The molecule has 148 valence electrons. The highest BCUT2D eigenvalue weighted by atomic mass is 32.1. The molecule has 1 N–H and O–H groups in total. The lowest BCUT2D eigenvalue weighted by atomic mass is 10.1. The third-order valence-corrected chi connectivity index (χ3v) is 5.91. The van der Waals surface area contributed by atoms with Gasteiger partial charge in [-0.3, -0.25) is 14.9 Å². The number of hydrogen-bond donors (Lipinski definition) is 1. The number of nitrogens with one attached hydrogen (secondary N) is 1. The Labute approximate surface area is 171 Å². The van der Waals surface area contributed by atoms with Crippen LogP contribution in [0.1, 0.15) is 40.2 Å². The Kier molecular flexibility index (Phi) is 5.35. The van der Waals surface area contributed by atoms with Crippen molar-refractivity contribution in [2.45, 2.75) is 25.7 Å². The van der Waals surface area contributed by atoms with Gasteiger partial charge in [0.15, 0.2) is 0 Å². The molecule has 1 aliphatic rings. The maximum Gasteiger partial charge on any atom is 0.260 e. The predicted octanol–water partition coefficient (Wildman–Crippen LogP) is 4.01. The number of nitrogens with zero attached hydrogens (tertiary/aromatic N) is 3. The molecule has 2 amide bonds. The molecule has 0 saturated carbocycles. The first kappa shape index (κ1) is 19.2. The van der Waals surface area contributed by atoms with Gasteiger partial charge in [-0.05, 0) is 36.2 Å². The molecule has 0 spiro atoms. The van der Waals surface area contributed by atoms with Gasteiger partial charge < -0.3 is 4.90 Å². The first-order valence-corrected chi connectivity index (χ1v) is 10.2. The molecular weight excluding hydrogens is 391 g/mol. The van der Waals surface area contributed by atoms with Crippen LogP contribution < -0.4 is 10.2 Å². The number of aromatic nitrogens is 2. The van der Waals surface area contributed by atoms with Gasteiger partial charge in [-0.25, -0.2) is 4.39 Å². The number of rotatable bonds is 5. The first-order chi connectivity index (χ1) is 14.0. The van der Waals surface area contributed by atoms with Gasteiger partial charge in [0.05, 0.1) is 5.56 Å². The van der Waals surface area contributed by atoms with Crippen LogP contribution in [0.2, 0.25) is 0 Å². The molecule has 0 unspecified atom stereocenters. The Bertz CT molecular complexity index is 1050.